The molecule has 0 amide bonds. The van der Waals surface area contributed by atoms with Crippen molar-refractivity contribution >= 4 is 11.6 Å². The summed E-state index contributed by atoms with van der Waals surface area (Å²) in [6.45, 7) is 5.49. The number of hydrogen-bond acceptors (Lipinski definition) is 4. The van der Waals surface area contributed by atoms with Gasteiger partial charge in [0.25, 0.3) is 0 Å². The van der Waals surface area contributed by atoms with Crippen molar-refractivity contribution in [2.24, 2.45) is 11.8 Å². The van der Waals surface area contributed by atoms with Crippen LogP contribution in [0.4, 0.5) is 11.6 Å². The Morgan fingerprint density at radius 1 is 1.26 bits per heavy atom. The summed E-state index contributed by atoms with van der Waals surface area (Å²) < 4.78 is 0. The number of hydrogen-bond donors (Lipinski definition) is 2. The number of nitrogens with two attached hydrogens (primary N) is 1. The predicted octanol–water partition coefficient (Wildman–Crippen LogP) is 3.25. The number of nitrogens with zero attached hydrogens (tertiary/aromatic N) is 2. The molecule has 1 aromatic heterocycles. The first-order valence-corrected chi connectivity index (χ1v) is 7.54. The molecule has 1 aliphatic carbocycles. The Morgan fingerprint density at radius 3 is 2.68 bits per heavy atom. The van der Waals surface area contributed by atoms with Crippen LogP contribution in [0, 0.1) is 11.8 Å². The Kier molecular flexibility index (Phi) is 5.00. The van der Waals surface area contributed by atoms with Gasteiger partial charge in [-0.15, -0.1) is 0 Å². The second-order valence-corrected chi connectivity index (χ2v) is 5.85. The van der Waals surface area contributed by atoms with E-state index in [4.69, 9.17) is 5.73 Å². The Bertz CT molecular complexity index is 397. The van der Waals surface area contributed by atoms with Gasteiger partial charge in [0.2, 0.25) is 0 Å². The third-order valence-electron chi connectivity index (χ3n) is 3.97. The van der Waals surface area contributed by atoms with Crippen molar-refractivity contribution < 1.29 is 0 Å². The summed E-state index contributed by atoms with van der Waals surface area (Å²) in [4.78, 5) is 8.78. The molecule has 4 heteroatoms. The van der Waals surface area contributed by atoms with E-state index in [0.29, 0.717) is 5.82 Å². The molecular weight excluding hydrogens is 236 g/mol. The molecule has 1 fully saturated rings. The number of aromatic nitrogens is 2. The van der Waals surface area contributed by atoms with Gasteiger partial charge in [0.1, 0.15) is 17.5 Å². The first kappa shape index (κ1) is 14.1. The molecule has 2 rings (SSSR count). The van der Waals surface area contributed by atoms with Crippen molar-refractivity contribution in [1.82, 2.24) is 9.97 Å². The standard InChI is InChI=1S/C15H26N4/c1-3-4-14-18-13(16)9-15(19-14)17-10-12-7-5-11(2)6-8-12/h9,11-12H,3-8,10H2,1-2H3,(H3,16,17,18,19). The molecule has 0 spiro atoms. The van der Waals surface area contributed by atoms with E-state index in [1.807, 2.05) is 6.07 Å². The summed E-state index contributed by atoms with van der Waals surface area (Å²) >= 11 is 0. The number of nitrogen functional groups attached to an aromatic ring is 1. The average Bonchev–Trinajstić information content (AvgIpc) is 2.38. The number of rotatable bonds is 5. The van der Waals surface area contributed by atoms with Crippen LogP contribution in [0.1, 0.15) is 51.8 Å². The van der Waals surface area contributed by atoms with E-state index in [0.717, 1.165) is 42.9 Å². The van der Waals surface area contributed by atoms with E-state index in [1.165, 1.54) is 25.7 Å². The van der Waals surface area contributed by atoms with Crippen LogP contribution in [0.25, 0.3) is 0 Å². The second-order valence-electron chi connectivity index (χ2n) is 5.85. The van der Waals surface area contributed by atoms with Gasteiger partial charge in [-0.2, -0.15) is 0 Å². The summed E-state index contributed by atoms with van der Waals surface area (Å²) in [6.07, 6.45) is 7.32. The number of aryl methyl sites for hydroxylation is 1. The van der Waals surface area contributed by atoms with Gasteiger partial charge in [0.15, 0.2) is 0 Å². The van der Waals surface area contributed by atoms with Gasteiger partial charge in [-0.3, -0.25) is 0 Å². The van der Waals surface area contributed by atoms with Crippen molar-refractivity contribution in [1.29, 1.82) is 0 Å². The van der Waals surface area contributed by atoms with Gasteiger partial charge in [-0.1, -0.05) is 26.7 Å². The molecule has 1 saturated carbocycles. The Morgan fingerprint density at radius 2 is 2.00 bits per heavy atom. The van der Waals surface area contributed by atoms with Crippen molar-refractivity contribution in [3.05, 3.63) is 11.9 Å². The van der Waals surface area contributed by atoms with E-state index in [1.54, 1.807) is 0 Å². The van der Waals surface area contributed by atoms with Gasteiger partial charge < -0.3 is 11.1 Å². The Labute approximate surface area is 116 Å². The summed E-state index contributed by atoms with van der Waals surface area (Å²) in [5, 5.41) is 3.44. The lowest BCUT2D eigenvalue weighted by Crippen LogP contribution is -2.20. The predicted molar refractivity (Wildman–Crippen MR) is 80.1 cm³/mol. The minimum Gasteiger partial charge on any atom is -0.384 e. The zero-order chi connectivity index (χ0) is 13.7. The van der Waals surface area contributed by atoms with Crippen LogP contribution in [0.5, 0.6) is 0 Å². The van der Waals surface area contributed by atoms with E-state index in [9.17, 15) is 0 Å². The lowest BCUT2D eigenvalue weighted by molar-refractivity contribution is 0.300. The third kappa shape index (κ3) is 4.37. The quantitative estimate of drug-likeness (QED) is 0.855. The molecule has 4 nitrogen and oxygen atoms in total. The van der Waals surface area contributed by atoms with Crippen LogP contribution in [0.15, 0.2) is 6.07 Å². The second kappa shape index (κ2) is 6.73. The highest BCUT2D eigenvalue weighted by Gasteiger charge is 2.18. The van der Waals surface area contributed by atoms with Gasteiger partial charge in [-0.05, 0) is 31.1 Å². The van der Waals surface area contributed by atoms with Gasteiger partial charge >= 0.3 is 0 Å². The molecule has 0 unspecified atom stereocenters. The van der Waals surface area contributed by atoms with Gasteiger partial charge in [0.05, 0.1) is 0 Å². The Balaban J connectivity index is 1.88. The van der Waals surface area contributed by atoms with Crippen LogP contribution in [-0.4, -0.2) is 16.5 Å². The van der Waals surface area contributed by atoms with Crippen molar-refractivity contribution in [3.63, 3.8) is 0 Å². The zero-order valence-corrected chi connectivity index (χ0v) is 12.2. The largest absolute Gasteiger partial charge is 0.384 e. The van der Waals surface area contributed by atoms with E-state index < -0.39 is 0 Å². The topological polar surface area (TPSA) is 63.8 Å². The minimum absolute atomic E-state index is 0.568. The molecule has 1 heterocycles. The van der Waals surface area contributed by atoms with Crippen LogP contribution < -0.4 is 11.1 Å². The first-order chi connectivity index (χ1) is 9.17. The van der Waals surface area contributed by atoms with Crippen LogP contribution >= 0.6 is 0 Å². The highest BCUT2D eigenvalue weighted by atomic mass is 15.0. The maximum absolute atomic E-state index is 5.83. The normalized spacial score (nSPS) is 23.3. The zero-order valence-electron chi connectivity index (χ0n) is 12.2. The fourth-order valence-electron chi connectivity index (χ4n) is 2.73. The van der Waals surface area contributed by atoms with E-state index in [2.05, 4.69) is 29.1 Å². The highest BCUT2D eigenvalue weighted by molar-refractivity contribution is 5.44. The molecule has 3 N–H and O–H groups in total. The Hall–Kier alpha value is -1.32. The van der Waals surface area contributed by atoms with Crippen LogP contribution in [0.3, 0.4) is 0 Å². The lowest BCUT2D eigenvalue weighted by atomic mass is 9.83. The fraction of sp³-hybridized carbons (Fsp3) is 0.733. The molecule has 106 valence electrons. The summed E-state index contributed by atoms with van der Waals surface area (Å²) in [5.74, 6) is 3.99. The minimum atomic E-state index is 0.568. The average molecular weight is 262 g/mol. The summed E-state index contributed by atoms with van der Waals surface area (Å²) in [5.41, 5.74) is 5.83. The van der Waals surface area contributed by atoms with Gasteiger partial charge in [-0.25, -0.2) is 9.97 Å². The molecular formula is C15H26N4. The van der Waals surface area contributed by atoms with Gasteiger partial charge in [0, 0.05) is 19.0 Å². The monoisotopic (exact) mass is 262 g/mol. The summed E-state index contributed by atoms with van der Waals surface area (Å²) in [7, 11) is 0. The van der Waals surface area contributed by atoms with Crippen molar-refractivity contribution in [3.8, 4) is 0 Å². The third-order valence-corrected chi connectivity index (χ3v) is 3.97. The van der Waals surface area contributed by atoms with Crippen LogP contribution in [-0.2, 0) is 6.42 Å². The molecule has 1 aromatic rings. The van der Waals surface area contributed by atoms with E-state index >= 15 is 0 Å². The number of anilines is 2. The number of nitrogens with one attached hydrogen (secondary N) is 1. The molecule has 0 saturated heterocycles. The summed E-state index contributed by atoms with van der Waals surface area (Å²) in [6, 6.07) is 1.84. The SMILES string of the molecule is CCCc1nc(N)cc(NCC2CCC(C)CC2)n1. The molecule has 0 radical (unpaired) electrons. The molecule has 0 aromatic carbocycles. The molecule has 1 aliphatic rings. The lowest BCUT2D eigenvalue weighted by Gasteiger charge is -2.26. The molecule has 0 aliphatic heterocycles. The molecule has 19 heavy (non-hydrogen) atoms. The fourth-order valence-corrected chi connectivity index (χ4v) is 2.73. The van der Waals surface area contributed by atoms with Crippen LogP contribution in [0.2, 0.25) is 0 Å². The highest BCUT2D eigenvalue weighted by Crippen LogP contribution is 2.28. The molecule has 0 bridgehead atoms. The maximum atomic E-state index is 5.83. The van der Waals surface area contributed by atoms with Crippen molar-refractivity contribution in [2.75, 3.05) is 17.6 Å². The van der Waals surface area contributed by atoms with E-state index in [-0.39, 0.29) is 0 Å². The first-order valence-electron chi connectivity index (χ1n) is 7.54. The maximum Gasteiger partial charge on any atom is 0.133 e. The molecule has 0 atom stereocenters. The van der Waals surface area contributed by atoms with Crippen molar-refractivity contribution in [2.45, 2.75) is 52.4 Å². The smallest absolute Gasteiger partial charge is 0.133 e.